The number of thiophene rings is 1. The summed E-state index contributed by atoms with van der Waals surface area (Å²) >= 11 is 1.66. The third-order valence-corrected chi connectivity index (χ3v) is 4.72. The average molecular weight is 354 g/mol. The second-order valence-electron chi connectivity index (χ2n) is 6.18. The molecule has 0 aliphatic carbocycles. The summed E-state index contributed by atoms with van der Waals surface area (Å²) in [5, 5.41) is 16.5. The van der Waals surface area contributed by atoms with Gasteiger partial charge in [-0.15, -0.1) is 11.3 Å². The molecule has 5 nitrogen and oxygen atoms in total. The van der Waals surface area contributed by atoms with E-state index in [4.69, 9.17) is 0 Å². The molecule has 0 radical (unpaired) electrons. The fraction of sp³-hybridized carbons (Fsp3) is 0.263. The lowest BCUT2D eigenvalue weighted by Gasteiger charge is -2.09. The zero-order valence-electron chi connectivity index (χ0n) is 14.4. The summed E-state index contributed by atoms with van der Waals surface area (Å²) in [7, 11) is 0. The molecule has 0 atom stereocenters. The van der Waals surface area contributed by atoms with Gasteiger partial charge in [-0.1, -0.05) is 26.0 Å². The number of hydrogen-bond acceptors (Lipinski definition) is 6. The maximum absolute atomic E-state index is 9.97. The van der Waals surface area contributed by atoms with Gasteiger partial charge in [0.1, 0.15) is 11.6 Å². The van der Waals surface area contributed by atoms with Crippen LogP contribution >= 0.6 is 11.3 Å². The first-order valence-electron chi connectivity index (χ1n) is 8.29. The molecule has 0 aliphatic heterocycles. The van der Waals surface area contributed by atoms with E-state index in [9.17, 15) is 5.11 Å². The highest BCUT2D eigenvalue weighted by Crippen LogP contribution is 2.34. The topological polar surface area (TPSA) is 70.1 Å². The van der Waals surface area contributed by atoms with Crippen molar-refractivity contribution in [3.63, 3.8) is 0 Å². The lowest BCUT2D eigenvalue weighted by Crippen LogP contribution is -2.11. The van der Waals surface area contributed by atoms with Crippen LogP contribution < -0.4 is 10.6 Å². The zero-order chi connectivity index (χ0) is 17.6. The molecule has 0 unspecified atom stereocenters. The molecule has 0 amide bonds. The Bertz CT molecular complexity index is 832. The molecule has 3 N–H and O–H groups in total. The summed E-state index contributed by atoms with van der Waals surface area (Å²) in [6, 6.07) is 13.4. The Labute approximate surface area is 151 Å². The van der Waals surface area contributed by atoms with Gasteiger partial charge >= 0.3 is 0 Å². The van der Waals surface area contributed by atoms with Crippen LogP contribution in [0.4, 0.5) is 11.8 Å². The van der Waals surface area contributed by atoms with Crippen molar-refractivity contribution in [2.45, 2.75) is 20.4 Å². The molecule has 3 rings (SSSR count). The van der Waals surface area contributed by atoms with Crippen LogP contribution in [0, 0.1) is 5.92 Å². The molecule has 0 saturated carbocycles. The quantitative estimate of drug-likeness (QED) is 0.579. The Morgan fingerprint density at radius 1 is 1.08 bits per heavy atom. The average Bonchev–Trinajstić information content (AvgIpc) is 3.08. The monoisotopic (exact) mass is 354 g/mol. The summed E-state index contributed by atoms with van der Waals surface area (Å²) in [4.78, 5) is 10.9. The summed E-state index contributed by atoms with van der Waals surface area (Å²) in [5.74, 6) is 2.28. The minimum atomic E-state index is 0.306. The number of phenols is 1. The fourth-order valence-corrected chi connectivity index (χ4v) is 3.30. The van der Waals surface area contributed by atoms with Crippen molar-refractivity contribution in [2.75, 3.05) is 17.2 Å². The first kappa shape index (κ1) is 17.2. The van der Waals surface area contributed by atoms with E-state index in [1.165, 1.54) is 4.88 Å². The van der Waals surface area contributed by atoms with Crippen molar-refractivity contribution in [2.24, 2.45) is 5.92 Å². The van der Waals surface area contributed by atoms with Crippen LogP contribution in [-0.2, 0) is 6.54 Å². The predicted octanol–water partition coefficient (Wildman–Crippen LogP) is 4.59. The number of nitrogens with zero attached hydrogens (tertiary/aromatic N) is 2. The lowest BCUT2D eigenvalue weighted by atomic mass is 10.2. The van der Waals surface area contributed by atoms with E-state index in [1.54, 1.807) is 23.6 Å². The minimum Gasteiger partial charge on any atom is -0.507 e. The second-order valence-corrected chi connectivity index (χ2v) is 7.35. The molecule has 2 aromatic heterocycles. The van der Waals surface area contributed by atoms with Gasteiger partial charge in [-0.3, -0.25) is 0 Å². The number of rotatable bonds is 7. The predicted molar refractivity (Wildman–Crippen MR) is 104 cm³/mol. The molecule has 3 aromatic rings. The number of anilines is 2. The molecule has 0 spiro atoms. The van der Waals surface area contributed by atoms with Crippen molar-refractivity contribution in [3.8, 4) is 16.2 Å². The SMILES string of the molecule is CC(C)CNc1nccc(NCc2ccc(-c3ccccc3O)s2)n1. The van der Waals surface area contributed by atoms with Crippen molar-refractivity contribution < 1.29 is 5.11 Å². The largest absolute Gasteiger partial charge is 0.507 e. The maximum atomic E-state index is 9.97. The standard InChI is InChI=1S/C19H22N4OS/c1-13(2)11-22-19-20-10-9-18(23-19)21-12-14-7-8-17(25-14)15-5-3-4-6-16(15)24/h3-10,13,24H,11-12H2,1-2H3,(H2,20,21,22,23). The molecule has 1 aromatic carbocycles. The van der Waals surface area contributed by atoms with Crippen LogP contribution in [0.5, 0.6) is 5.75 Å². The number of phenolic OH excluding ortho intramolecular Hbond substituents is 1. The molecule has 0 saturated heterocycles. The highest BCUT2D eigenvalue weighted by atomic mass is 32.1. The molecular formula is C19H22N4OS. The van der Waals surface area contributed by atoms with Gasteiger partial charge in [-0.2, -0.15) is 4.98 Å². The van der Waals surface area contributed by atoms with Crippen LogP contribution in [0.3, 0.4) is 0 Å². The van der Waals surface area contributed by atoms with Gasteiger partial charge in [0.05, 0.1) is 6.54 Å². The Balaban J connectivity index is 1.63. The van der Waals surface area contributed by atoms with E-state index in [0.717, 1.165) is 22.8 Å². The van der Waals surface area contributed by atoms with Gasteiger partial charge in [0.25, 0.3) is 0 Å². The van der Waals surface area contributed by atoms with Crippen LogP contribution in [0.1, 0.15) is 18.7 Å². The van der Waals surface area contributed by atoms with E-state index < -0.39 is 0 Å². The number of aromatic hydroxyl groups is 1. The molecule has 0 aliphatic rings. The van der Waals surface area contributed by atoms with Crippen LogP contribution in [-0.4, -0.2) is 21.6 Å². The Morgan fingerprint density at radius 2 is 1.92 bits per heavy atom. The van der Waals surface area contributed by atoms with Gasteiger partial charge < -0.3 is 15.7 Å². The second kappa shape index (κ2) is 7.98. The minimum absolute atomic E-state index is 0.306. The molecule has 0 fully saturated rings. The van der Waals surface area contributed by atoms with E-state index in [1.807, 2.05) is 30.3 Å². The number of benzene rings is 1. The van der Waals surface area contributed by atoms with Crippen molar-refractivity contribution in [1.82, 2.24) is 9.97 Å². The van der Waals surface area contributed by atoms with E-state index in [0.29, 0.717) is 24.2 Å². The molecule has 25 heavy (non-hydrogen) atoms. The Hall–Kier alpha value is -2.60. The van der Waals surface area contributed by atoms with Crippen LogP contribution in [0.2, 0.25) is 0 Å². The first-order chi connectivity index (χ1) is 12.1. The van der Waals surface area contributed by atoms with E-state index in [2.05, 4.69) is 40.5 Å². The number of para-hydroxylation sites is 1. The Kier molecular flexibility index (Phi) is 5.50. The zero-order valence-corrected chi connectivity index (χ0v) is 15.2. The van der Waals surface area contributed by atoms with E-state index in [-0.39, 0.29) is 0 Å². The van der Waals surface area contributed by atoms with Crippen molar-refractivity contribution >= 4 is 23.1 Å². The summed E-state index contributed by atoms with van der Waals surface area (Å²) in [6.07, 6.45) is 1.75. The molecule has 6 heteroatoms. The van der Waals surface area contributed by atoms with Gasteiger partial charge in [0.2, 0.25) is 5.95 Å². The van der Waals surface area contributed by atoms with Gasteiger partial charge in [0, 0.05) is 28.1 Å². The number of hydrogen-bond donors (Lipinski definition) is 3. The highest BCUT2D eigenvalue weighted by molar-refractivity contribution is 7.15. The van der Waals surface area contributed by atoms with Crippen molar-refractivity contribution in [3.05, 3.63) is 53.5 Å². The Morgan fingerprint density at radius 3 is 2.72 bits per heavy atom. The fourth-order valence-electron chi connectivity index (χ4n) is 2.32. The third-order valence-electron chi connectivity index (χ3n) is 3.60. The van der Waals surface area contributed by atoms with Crippen molar-refractivity contribution in [1.29, 1.82) is 0 Å². The molecule has 130 valence electrons. The number of nitrogens with one attached hydrogen (secondary N) is 2. The van der Waals surface area contributed by atoms with Gasteiger partial charge in [-0.05, 0) is 36.2 Å². The molecule has 2 heterocycles. The van der Waals surface area contributed by atoms with Gasteiger partial charge in [0.15, 0.2) is 0 Å². The van der Waals surface area contributed by atoms with Gasteiger partial charge in [-0.25, -0.2) is 4.98 Å². The lowest BCUT2D eigenvalue weighted by molar-refractivity contribution is 0.477. The highest BCUT2D eigenvalue weighted by Gasteiger charge is 2.07. The first-order valence-corrected chi connectivity index (χ1v) is 9.11. The molecular weight excluding hydrogens is 332 g/mol. The van der Waals surface area contributed by atoms with Crippen LogP contribution in [0.15, 0.2) is 48.7 Å². The summed E-state index contributed by atoms with van der Waals surface area (Å²) in [6.45, 7) is 5.82. The third kappa shape index (κ3) is 4.70. The number of aromatic nitrogens is 2. The molecule has 0 bridgehead atoms. The van der Waals surface area contributed by atoms with E-state index >= 15 is 0 Å². The summed E-state index contributed by atoms with van der Waals surface area (Å²) in [5.41, 5.74) is 0.862. The smallest absolute Gasteiger partial charge is 0.224 e. The maximum Gasteiger partial charge on any atom is 0.224 e. The summed E-state index contributed by atoms with van der Waals surface area (Å²) < 4.78 is 0. The normalized spacial score (nSPS) is 10.8. The van der Waals surface area contributed by atoms with Crippen LogP contribution in [0.25, 0.3) is 10.4 Å².